The fourth-order valence-corrected chi connectivity index (χ4v) is 1.68. The second-order valence-corrected chi connectivity index (χ2v) is 5.12. The first kappa shape index (κ1) is 20.8. The van der Waals surface area contributed by atoms with Crippen LogP contribution in [0.15, 0.2) is 0 Å². The van der Waals surface area contributed by atoms with Gasteiger partial charge in [-0.15, -0.1) is 0 Å². The maximum Gasteiger partial charge on any atom is 0.325 e. The highest BCUT2D eigenvalue weighted by Gasteiger charge is 2.27. The van der Waals surface area contributed by atoms with Gasteiger partial charge in [-0.3, -0.25) is 19.2 Å². The Kier molecular flexibility index (Phi) is 9.51. The molecule has 0 aliphatic rings. The predicted molar refractivity (Wildman–Crippen MR) is 80.3 cm³/mol. The molecule has 0 heterocycles. The van der Waals surface area contributed by atoms with Crippen molar-refractivity contribution in [2.45, 2.75) is 50.7 Å². The van der Waals surface area contributed by atoms with Gasteiger partial charge < -0.3 is 32.3 Å². The Bertz CT molecular complexity index is 442. The largest absolute Gasteiger partial charge is 0.481 e. The van der Waals surface area contributed by atoms with Crippen molar-refractivity contribution in [2.24, 2.45) is 11.5 Å². The lowest BCUT2D eigenvalue weighted by Gasteiger charge is -2.20. The second kappa shape index (κ2) is 10.5. The summed E-state index contributed by atoms with van der Waals surface area (Å²) < 4.78 is 0. The summed E-state index contributed by atoms with van der Waals surface area (Å²) in [6, 6.07) is -3.51. The van der Waals surface area contributed by atoms with Crippen molar-refractivity contribution >= 4 is 23.8 Å². The molecular formula is C13H24N4O6. The van der Waals surface area contributed by atoms with Gasteiger partial charge in [0.15, 0.2) is 0 Å². The quantitative estimate of drug-likeness (QED) is 0.234. The number of amides is 2. The van der Waals surface area contributed by atoms with Crippen molar-refractivity contribution in [3.05, 3.63) is 0 Å². The molecule has 0 saturated carbocycles. The minimum Gasteiger partial charge on any atom is -0.481 e. The van der Waals surface area contributed by atoms with Crippen LogP contribution < -0.4 is 22.1 Å². The molecule has 3 atom stereocenters. The molecule has 0 saturated heterocycles. The van der Waals surface area contributed by atoms with Gasteiger partial charge in [-0.25, -0.2) is 0 Å². The van der Waals surface area contributed by atoms with E-state index in [-0.39, 0.29) is 0 Å². The number of carboxylic acids is 2. The highest BCUT2D eigenvalue weighted by atomic mass is 16.4. The molecule has 10 heteroatoms. The molecule has 0 unspecified atom stereocenters. The van der Waals surface area contributed by atoms with Gasteiger partial charge in [0.1, 0.15) is 12.1 Å². The number of nitrogens with one attached hydrogen (secondary N) is 2. The lowest BCUT2D eigenvalue weighted by Crippen LogP contribution is -2.54. The molecular weight excluding hydrogens is 308 g/mol. The molecule has 0 aromatic heterocycles. The van der Waals surface area contributed by atoms with E-state index in [2.05, 4.69) is 10.6 Å². The summed E-state index contributed by atoms with van der Waals surface area (Å²) >= 11 is 0. The van der Waals surface area contributed by atoms with E-state index in [9.17, 15) is 19.2 Å². The van der Waals surface area contributed by atoms with Gasteiger partial charge in [0.25, 0.3) is 0 Å². The van der Waals surface area contributed by atoms with E-state index in [1.165, 1.54) is 6.92 Å². The Morgan fingerprint density at radius 1 is 1.04 bits per heavy atom. The van der Waals surface area contributed by atoms with Crippen molar-refractivity contribution in [3.8, 4) is 0 Å². The van der Waals surface area contributed by atoms with Crippen molar-refractivity contribution in [1.29, 1.82) is 0 Å². The summed E-state index contributed by atoms with van der Waals surface area (Å²) in [4.78, 5) is 45.3. The number of hydrogen-bond acceptors (Lipinski definition) is 6. The van der Waals surface area contributed by atoms with Crippen LogP contribution in [0, 0.1) is 0 Å². The minimum absolute atomic E-state index is 0.343. The lowest BCUT2D eigenvalue weighted by atomic mass is 10.1. The highest BCUT2D eigenvalue weighted by Crippen LogP contribution is 2.01. The molecule has 0 rings (SSSR count). The molecule has 0 bridgehead atoms. The van der Waals surface area contributed by atoms with E-state index in [1.807, 2.05) is 0 Å². The summed E-state index contributed by atoms with van der Waals surface area (Å²) in [6.07, 6.45) is 0.975. The maximum atomic E-state index is 11.9. The number of carboxylic acid groups (broad SMARTS) is 2. The number of rotatable bonds is 11. The summed E-state index contributed by atoms with van der Waals surface area (Å²) in [5.41, 5.74) is 11.0. The molecule has 0 aromatic carbocycles. The van der Waals surface area contributed by atoms with Crippen LogP contribution in [0.5, 0.6) is 0 Å². The first-order valence-electron chi connectivity index (χ1n) is 7.20. The Labute approximate surface area is 133 Å². The molecule has 2 amide bonds. The predicted octanol–water partition coefficient (Wildman–Crippen LogP) is -2.01. The topological polar surface area (TPSA) is 185 Å². The molecule has 0 aliphatic carbocycles. The minimum atomic E-state index is -1.40. The van der Waals surface area contributed by atoms with E-state index in [1.54, 1.807) is 0 Å². The third-order valence-corrected chi connectivity index (χ3v) is 3.05. The molecule has 0 aromatic rings. The number of carbonyl (C=O) groups excluding carboxylic acids is 2. The molecule has 0 aliphatic heterocycles. The van der Waals surface area contributed by atoms with Crippen LogP contribution in [0.4, 0.5) is 0 Å². The first-order chi connectivity index (χ1) is 10.7. The van der Waals surface area contributed by atoms with Crippen LogP contribution in [0.2, 0.25) is 0 Å². The van der Waals surface area contributed by atoms with Gasteiger partial charge in [-0.05, 0) is 26.3 Å². The van der Waals surface area contributed by atoms with Crippen LogP contribution in [0.3, 0.4) is 0 Å². The van der Waals surface area contributed by atoms with E-state index in [4.69, 9.17) is 21.7 Å². The number of aliphatic carboxylic acids is 2. The van der Waals surface area contributed by atoms with Gasteiger partial charge in [-0.2, -0.15) is 0 Å². The van der Waals surface area contributed by atoms with Gasteiger partial charge in [0, 0.05) is 0 Å². The molecule has 8 N–H and O–H groups in total. The van der Waals surface area contributed by atoms with Crippen molar-refractivity contribution < 1.29 is 29.4 Å². The molecule has 0 spiro atoms. The van der Waals surface area contributed by atoms with Crippen LogP contribution in [0.25, 0.3) is 0 Å². The molecule has 0 fully saturated rings. The summed E-state index contributed by atoms with van der Waals surface area (Å²) in [7, 11) is 0. The monoisotopic (exact) mass is 332 g/mol. The zero-order chi connectivity index (χ0) is 18.0. The maximum absolute atomic E-state index is 11.9. The molecule has 132 valence electrons. The van der Waals surface area contributed by atoms with E-state index in [0.717, 1.165) is 0 Å². The zero-order valence-electron chi connectivity index (χ0n) is 12.9. The number of nitrogens with two attached hydrogens (primary N) is 2. The van der Waals surface area contributed by atoms with E-state index >= 15 is 0 Å². The third kappa shape index (κ3) is 8.73. The zero-order valence-corrected chi connectivity index (χ0v) is 12.9. The van der Waals surface area contributed by atoms with Gasteiger partial charge in [0.2, 0.25) is 11.8 Å². The SMILES string of the molecule is C[C@H](NC(=O)[C@H](CC(=O)O)NC(=O)[C@@H](N)CCCCN)C(=O)O. The van der Waals surface area contributed by atoms with Crippen LogP contribution in [-0.2, 0) is 19.2 Å². The third-order valence-electron chi connectivity index (χ3n) is 3.05. The van der Waals surface area contributed by atoms with Crippen molar-refractivity contribution in [1.82, 2.24) is 10.6 Å². The average Bonchev–Trinajstić information content (AvgIpc) is 2.45. The van der Waals surface area contributed by atoms with E-state index < -0.39 is 48.3 Å². The number of unbranched alkanes of at least 4 members (excludes halogenated alkanes) is 1. The second-order valence-electron chi connectivity index (χ2n) is 5.12. The highest BCUT2D eigenvalue weighted by molar-refractivity contribution is 5.93. The van der Waals surface area contributed by atoms with Gasteiger partial charge in [-0.1, -0.05) is 6.42 Å². The van der Waals surface area contributed by atoms with Crippen LogP contribution >= 0.6 is 0 Å². The summed E-state index contributed by atoms with van der Waals surface area (Å²) in [6.45, 7) is 1.68. The normalized spacial score (nSPS) is 14.4. The Hall–Kier alpha value is -2.20. The average molecular weight is 332 g/mol. The summed E-state index contributed by atoms with van der Waals surface area (Å²) in [5.74, 6) is -4.17. The Balaban J connectivity index is 4.71. The molecule has 23 heavy (non-hydrogen) atoms. The smallest absolute Gasteiger partial charge is 0.325 e. The number of carbonyl (C=O) groups is 4. The Morgan fingerprint density at radius 2 is 1.65 bits per heavy atom. The molecule has 0 radical (unpaired) electrons. The summed E-state index contributed by atoms with van der Waals surface area (Å²) in [5, 5.41) is 21.9. The van der Waals surface area contributed by atoms with Crippen molar-refractivity contribution in [3.63, 3.8) is 0 Å². The van der Waals surface area contributed by atoms with Crippen molar-refractivity contribution in [2.75, 3.05) is 6.54 Å². The van der Waals surface area contributed by atoms with Gasteiger partial charge in [0.05, 0.1) is 12.5 Å². The van der Waals surface area contributed by atoms with Crippen LogP contribution in [0.1, 0.15) is 32.6 Å². The fourth-order valence-electron chi connectivity index (χ4n) is 1.68. The lowest BCUT2D eigenvalue weighted by molar-refractivity contribution is -0.143. The fraction of sp³-hybridized carbons (Fsp3) is 0.692. The number of hydrogen-bond donors (Lipinski definition) is 6. The van der Waals surface area contributed by atoms with Crippen LogP contribution in [-0.4, -0.2) is 58.6 Å². The first-order valence-corrected chi connectivity index (χ1v) is 7.20. The van der Waals surface area contributed by atoms with E-state index in [0.29, 0.717) is 25.8 Å². The standard InChI is InChI=1S/C13H24N4O6/c1-7(13(22)23)16-12(21)9(6-10(18)19)17-11(20)8(15)4-2-3-5-14/h7-9H,2-6,14-15H2,1H3,(H,16,21)(H,17,20)(H,18,19)(H,22,23)/t7-,8-,9-/m0/s1. The molecule has 10 nitrogen and oxygen atoms in total. The van der Waals surface area contributed by atoms with Gasteiger partial charge >= 0.3 is 11.9 Å². The Morgan fingerprint density at radius 3 is 2.13 bits per heavy atom.